The van der Waals surface area contributed by atoms with Gasteiger partial charge in [0, 0.05) is 13.1 Å². The van der Waals surface area contributed by atoms with Crippen LogP contribution in [-0.2, 0) is 6.54 Å². The number of carboxylic acid groups (broad SMARTS) is 1. The maximum absolute atomic E-state index is 10.9. The van der Waals surface area contributed by atoms with Gasteiger partial charge in [-0.3, -0.25) is 0 Å². The minimum atomic E-state index is -0.818. The first kappa shape index (κ1) is 12.6. The summed E-state index contributed by atoms with van der Waals surface area (Å²) >= 11 is 1.30. The van der Waals surface area contributed by atoms with Crippen LogP contribution in [0, 0.1) is 11.3 Å². The van der Waals surface area contributed by atoms with Gasteiger partial charge in [0.1, 0.15) is 4.88 Å². The van der Waals surface area contributed by atoms with E-state index in [0.29, 0.717) is 22.8 Å². The van der Waals surface area contributed by atoms with Crippen molar-refractivity contribution in [3.8, 4) is 0 Å². The molecule has 0 aliphatic heterocycles. The lowest BCUT2D eigenvalue weighted by molar-refractivity contribution is 0.0701. The zero-order valence-electron chi connectivity index (χ0n) is 10.3. The molecule has 4 heteroatoms. The van der Waals surface area contributed by atoms with E-state index in [9.17, 15) is 4.79 Å². The van der Waals surface area contributed by atoms with Gasteiger partial charge in [-0.2, -0.15) is 0 Å². The number of carbonyl (C=O) groups is 1. The molecule has 1 aliphatic carbocycles. The molecular formula is C13H19NO2S. The van der Waals surface area contributed by atoms with E-state index in [2.05, 4.69) is 19.2 Å². The summed E-state index contributed by atoms with van der Waals surface area (Å²) in [5.74, 6) is -0.113. The molecule has 1 heterocycles. The second kappa shape index (κ2) is 4.78. The molecule has 0 aromatic carbocycles. The number of hydrogen-bond donors (Lipinski definition) is 2. The SMILES string of the molecule is CC(C)C1(CNCc2ccsc2C(=O)O)CC1. The summed E-state index contributed by atoms with van der Waals surface area (Å²) in [6, 6.07) is 1.90. The van der Waals surface area contributed by atoms with Crippen molar-refractivity contribution < 1.29 is 9.90 Å². The highest BCUT2D eigenvalue weighted by molar-refractivity contribution is 7.12. The van der Waals surface area contributed by atoms with Crippen LogP contribution in [0.4, 0.5) is 0 Å². The van der Waals surface area contributed by atoms with Crippen LogP contribution in [-0.4, -0.2) is 17.6 Å². The van der Waals surface area contributed by atoms with Gasteiger partial charge in [0.15, 0.2) is 0 Å². The second-order valence-corrected chi connectivity index (χ2v) is 6.12. The molecular weight excluding hydrogens is 234 g/mol. The average molecular weight is 253 g/mol. The molecule has 2 rings (SSSR count). The summed E-state index contributed by atoms with van der Waals surface area (Å²) in [4.78, 5) is 11.4. The van der Waals surface area contributed by atoms with E-state index in [-0.39, 0.29) is 0 Å². The highest BCUT2D eigenvalue weighted by atomic mass is 32.1. The lowest BCUT2D eigenvalue weighted by Crippen LogP contribution is -2.27. The standard InChI is InChI=1S/C13H19NO2S/c1-9(2)13(4-5-13)8-14-7-10-3-6-17-11(10)12(15)16/h3,6,9,14H,4-5,7-8H2,1-2H3,(H,15,16). The molecule has 1 aromatic heterocycles. The van der Waals surface area contributed by atoms with Crippen molar-refractivity contribution in [2.75, 3.05) is 6.54 Å². The topological polar surface area (TPSA) is 49.3 Å². The molecule has 1 aromatic rings. The van der Waals surface area contributed by atoms with Crippen molar-refractivity contribution in [3.05, 3.63) is 21.9 Å². The quantitative estimate of drug-likeness (QED) is 0.819. The fourth-order valence-electron chi connectivity index (χ4n) is 2.23. The number of nitrogens with one attached hydrogen (secondary N) is 1. The van der Waals surface area contributed by atoms with Gasteiger partial charge in [-0.15, -0.1) is 11.3 Å². The van der Waals surface area contributed by atoms with Crippen LogP contribution in [0.5, 0.6) is 0 Å². The van der Waals surface area contributed by atoms with E-state index in [0.717, 1.165) is 12.1 Å². The molecule has 3 nitrogen and oxygen atoms in total. The lowest BCUT2D eigenvalue weighted by atomic mass is 9.92. The zero-order chi connectivity index (χ0) is 12.5. The highest BCUT2D eigenvalue weighted by Crippen LogP contribution is 2.51. The van der Waals surface area contributed by atoms with Gasteiger partial charge in [0.25, 0.3) is 0 Å². The van der Waals surface area contributed by atoms with Gasteiger partial charge in [0.2, 0.25) is 0 Å². The van der Waals surface area contributed by atoms with Crippen LogP contribution in [0.3, 0.4) is 0 Å². The Kier molecular flexibility index (Phi) is 3.54. The van der Waals surface area contributed by atoms with E-state index < -0.39 is 5.97 Å². The molecule has 0 atom stereocenters. The lowest BCUT2D eigenvalue weighted by Gasteiger charge is -2.20. The largest absolute Gasteiger partial charge is 0.477 e. The van der Waals surface area contributed by atoms with Crippen LogP contribution in [0.25, 0.3) is 0 Å². The fourth-order valence-corrected chi connectivity index (χ4v) is 2.99. The zero-order valence-corrected chi connectivity index (χ0v) is 11.1. The maximum Gasteiger partial charge on any atom is 0.346 e. The molecule has 0 saturated heterocycles. The fraction of sp³-hybridized carbons (Fsp3) is 0.615. The third-order valence-corrected chi connectivity index (χ3v) is 4.80. The molecule has 2 N–H and O–H groups in total. The third-order valence-electron chi connectivity index (χ3n) is 3.85. The Morgan fingerprint density at radius 3 is 2.82 bits per heavy atom. The van der Waals surface area contributed by atoms with E-state index in [4.69, 9.17) is 5.11 Å². The molecule has 0 amide bonds. The van der Waals surface area contributed by atoms with Gasteiger partial charge in [0.05, 0.1) is 0 Å². The predicted molar refractivity (Wildman–Crippen MR) is 69.5 cm³/mol. The van der Waals surface area contributed by atoms with Crippen LogP contribution < -0.4 is 5.32 Å². The molecule has 0 spiro atoms. The second-order valence-electron chi connectivity index (χ2n) is 5.20. The van der Waals surface area contributed by atoms with E-state index >= 15 is 0 Å². The van der Waals surface area contributed by atoms with Crippen LogP contribution in [0.15, 0.2) is 11.4 Å². The molecule has 0 bridgehead atoms. The van der Waals surface area contributed by atoms with Gasteiger partial charge < -0.3 is 10.4 Å². The summed E-state index contributed by atoms with van der Waals surface area (Å²) in [5, 5.41) is 14.3. The van der Waals surface area contributed by atoms with Crippen LogP contribution in [0.1, 0.15) is 41.9 Å². The van der Waals surface area contributed by atoms with E-state index in [1.54, 1.807) is 0 Å². The number of aromatic carboxylic acids is 1. The minimum absolute atomic E-state index is 0.465. The molecule has 1 saturated carbocycles. The Morgan fingerprint density at radius 1 is 1.59 bits per heavy atom. The van der Waals surface area contributed by atoms with E-state index in [1.807, 2.05) is 11.4 Å². The van der Waals surface area contributed by atoms with Gasteiger partial charge in [-0.1, -0.05) is 13.8 Å². The van der Waals surface area contributed by atoms with Crippen molar-refractivity contribution in [1.29, 1.82) is 0 Å². The summed E-state index contributed by atoms with van der Waals surface area (Å²) in [6.45, 7) is 6.20. The summed E-state index contributed by atoms with van der Waals surface area (Å²) in [6.07, 6.45) is 2.60. The Bertz CT molecular complexity index is 407. The molecule has 17 heavy (non-hydrogen) atoms. The Morgan fingerprint density at radius 2 is 2.29 bits per heavy atom. The number of thiophene rings is 1. The smallest absolute Gasteiger partial charge is 0.346 e. The molecule has 1 fully saturated rings. The molecule has 94 valence electrons. The van der Waals surface area contributed by atoms with Crippen LogP contribution in [0.2, 0.25) is 0 Å². The first-order valence-electron chi connectivity index (χ1n) is 6.05. The van der Waals surface area contributed by atoms with E-state index in [1.165, 1.54) is 24.2 Å². The first-order valence-corrected chi connectivity index (χ1v) is 6.93. The highest BCUT2D eigenvalue weighted by Gasteiger charge is 2.44. The number of carboxylic acids is 1. The van der Waals surface area contributed by atoms with Crippen molar-refractivity contribution >= 4 is 17.3 Å². The normalized spacial score (nSPS) is 17.4. The number of hydrogen-bond acceptors (Lipinski definition) is 3. The molecule has 1 aliphatic rings. The van der Waals surface area contributed by atoms with Gasteiger partial charge in [-0.25, -0.2) is 4.79 Å². The number of rotatable bonds is 6. The van der Waals surface area contributed by atoms with Crippen LogP contribution >= 0.6 is 11.3 Å². The monoisotopic (exact) mass is 253 g/mol. The predicted octanol–water partition coefficient (Wildman–Crippen LogP) is 2.97. The first-order chi connectivity index (χ1) is 8.05. The third kappa shape index (κ3) is 2.69. The van der Waals surface area contributed by atoms with Crippen molar-refractivity contribution in [2.24, 2.45) is 11.3 Å². The molecule has 0 radical (unpaired) electrons. The van der Waals surface area contributed by atoms with Gasteiger partial charge >= 0.3 is 5.97 Å². The summed E-state index contributed by atoms with van der Waals surface area (Å²) in [5.41, 5.74) is 1.38. The average Bonchev–Trinajstić information content (AvgIpc) is 2.89. The Hall–Kier alpha value is -0.870. The van der Waals surface area contributed by atoms with Crippen molar-refractivity contribution in [1.82, 2.24) is 5.32 Å². The minimum Gasteiger partial charge on any atom is -0.477 e. The summed E-state index contributed by atoms with van der Waals surface area (Å²) < 4.78 is 0. The van der Waals surface area contributed by atoms with Crippen molar-refractivity contribution in [2.45, 2.75) is 33.2 Å². The van der Waals surface area contributed by atoms with Crippen molar-refractivity contribution in [3.63, 3.8) is 0 Å². The Balaban J connectivity index is 1.86. The Labute approximate surface area is 106 Å². The molecule has 0 unspecified atom stereocenters. The summed E-state index contributed by atoms with van der Waals surface area (Å²) in [7, 11) is 0. The van der Waals surface area contributed by atoms with Gasteiger partial charge in [-0.05, 0) is 41.2 Å². The maximum atomic E-state index is 10.9.